The molecule has 5 nitrogen and oxygen atoms in total. The molecule has 1 fully saturated rings. The molecular weight excluding hydrogens is 302 g/mol. The van der Waals surface area contributed by atoms with Crippen molar-refractivity contribution in [3.8, 4) is 11.1 Å². The summed E-state index contributed by atoms with van der Waals surface area (Å²) >= 11 is 0. The molecule has 0 saturated carbocycles. The Labute approximate surface area is 140 Å². The average molecular weight is 319 g/mol. The van der Waals surface area contributed by atoms with E-state index in [2.05, 4.69) is 5.16 Å². The Morgan fingerprint density at radius 2 is 1.75 bits per heavy atom. The van der Waals surface area contributed by atoms with Crippen LogP contribution in [0.25, 0.3) is 11.1 Å². The Balaban J connectivity index is 1.48. The molecule has 0 N–H and O–H groups in total. The zero-order chi connectivity index (χ0) is 16.4. The van der Waals surface area contributed by atoms with E-state index in [0.717, 1.165) is 28.9 Å². The van der Waals surface area contributed by atoms with E-state index in [-0.39, 0.29) is 6.03 Å². The minimum atomic E-state index is 0.0524. The third kappa shape index (κ3) is 2.76. The standard InChI is InChI=1S/C19H17N3O2/c23-19-21(13-15-4-2-1-3-5-15)10-11-22(19)18-8-6-16(7-9-18)17-12-20-24-14-17/h1-9,12,14H,10-11,13H2. The fraction of sp³-hybridized carbons (Fsp3) is 0.158. The molecule has 0 spiro atoms. The summed E-state index contributed by atoms with van der Waals surface area (Å²) in [6.07, 6.45) is 3.29. The van der Waals surface area contributed by atoms with Crippen molar-refractivity contribution in [2.45, 2.75) is 6.54 Å². The van der Waals surface area contributed by atoms with E-state index in [1.54, 1.807) is 12.5 Å². The first-order chi connectivity index (χ1) is 11.8. The van der Waals surface area contributed by atoms with Crippen LogP contribution in [0.1, 0.15) is 5.56 Å². The Bertz CT molecular complexity index is 814. The van der Waals surface area contributed by atoms with Gasteiger partial charge in [0.2, 0.25) is 0 Å². The zero-order valence-electron chi connectivity index (χ0n) is 13.1. The normalized spacial score (nSPS) is 14.4. The van der Waals surface area contributed by atoms with Gasteiger partial charge in [0, 0.05) is 30.9 Å². The first-order valence-corrected chi connectivity index (χ1v) is 7.91. The molecule has 2 heterocycles. The summed E-state index contributed by atoms with van der Waals surface area (Å²) in [6.45, 7) is 2.09. The lowest BCUT2D eigenvalue weighted by atomic mass is 10.1. The van der Waals surface area contributed by atoms with Gasteiger partial charge >= 0.3 is 6.03 Å². The third-order valence-electron chi connectivity index (χ3n) is 4.26. The number of anilines is 1. The molecule has 0 unspecified atom stereocenters. The van der Waals surface area contributed by atoms with Crippen LogP contribution in [0.4, 0.5) is 10.5 Å². The van der Waals surface area contributed by atoms with Gasteiger partial charge in [-0.15, -0.1) is 0 Å². The van der Waals surface area contributed by atoms with E-state index in [1.807, 2.05) is 64.4 Å². The van der Waals surface area contributed by atoms with Gasteiger partial charge in [0.25, 0.3) is 0 Å². The minimum Gasteiger partial charge on any atom is -0.364 e. The monoisotopic (exact) mass is 319 g/mol. The molecule has 1 aromatic heterocycles. The molecule has 0 aliphatic carbocycles. The highest BCUT2D eigenvalue weighted by atomic mass is 16.5. The molecular formula is C19H17N3O2. The SMILES string of the molecule is O=C1N(Cc2ccccc2)CCN1c1ccc(-c2cnoc2)cc1. The van der Waals surface area contributed by atoms with E-state index < -0.39 is 0 Å². The van der Waals surface area contributed by atoms with Crippen molar-refractivity contribution in [2.75, 3.05) is 18.0 Å². The maximum Gasteiger partial charge on any atom is 0.324 e. The van der Waals surface area contributed by atoms with Crippen molar-refractivity contribution in [1.29, 1.82) is 0 Å². The van der Waals surface area contributed by atoms with Crippen LogP contribution in [0.5, 0.6) is 0 Å². The van der Waals surface area contributed by atoms with Crippen molar-refractivity contribution in [3.05, 3.63) is 72.6 Å². The number of aromatic nitrogens is 1. The molecule has 1 saturated heterocycles. The minimum absolute atomic E-state index is 0.0524. The molecule has 1 aliphatic rings. The van der Waals surface area contributed by atoms with E-state index in [0.29, 0.717) is 13.1 Å². The predicted octanol–water partition coefficient (Wildman–Crippen LogP) is 3.78. The van der Waals surface area contributed by atoms with Crippen LogP contribution >= 0.6 is 0 Å². The number of hydrogen-bond donors (Lipinski definition) is 0. The van der Waals surface area contributed by atoms with Gasteiger partial charge in [0.15, 0.2) is 0 Å². The van der Waals surface area contributed by atoms with Crippen LogP contribution < -0.4 is 4.90 Å². The molecule has 4 rings (SSSR count). The topological polar surface area (TPSA) is 49.6 Å². The molecule has 0 atom stereocenters. The highest BCUT2D eigenvalue weighted by Gasteiger charge is 2.29. The van der Waals surface area contributed by atoms with Crippen molar-refractivity contribution < 1.29 is 9.32 Å². The first kappa shape index (κ1) is 14.5. The number of urea groups is 1. The second-order valence-corrected chi connectivity index (χ2v) is 5.80. The van der Waals surface area contributed by atoms with Gasteiger partial charge in [-0.2, -0.15) is 0 Å². The average Bonchev–Trinajstić information content (AvgIpc) is 3.27. The summed E-state index contributed by atoms with van der Waals surface area (Å²) in [4.78, 5) is 16.3. The molecule has 120 valence electrons. The molecule has 3 aromatic rings. The number of amides is 2. The Kier molecular flexibility index (Phi) is 3.75. The molecule has 1 aliphatic heterocycles. The Morgan fingerprint density at radius 3 is 2.46 bits per heavy atom. The van der Waals surface area contributed by atoms with Gasteiger partial charge < -0.3 is 9.42 Å². The maximum absolute atomic E-state index is 12.7. The van der Waals surface area contributed by atoms with E-state index >= 15 is 0 Å². The van der Waals surface area contributed by atoms with Gasteiger partial charge in [-0.1, -0.05) is 47.6 Å². The van der Waals surface area contributed by atoms with Crippen LogP contribution in [-0.4, -0.2) is 29.2 Å². The Hall–Kier alpha value is -3.08. The van der Waals surface area contributed by atoms with E-state index in [9.17, 15) is 4.79 Å². The maximum atomic E-state index is 12.7. The number of hydrogen-bond acceptors (Lipinski definition) is 3. The number of benzene rings is 2. The fourth-order valence-corrected chi connectivity index (χ4v) is 2.95. The van der Waals surface area contributed by atoms with E-state index in [4.69, 9.17) is 4.52 Å². The van der Waals surface area contributed by atoms with Crippen molar-refractivity contribution >= 4 is 11.7 Å². The lowest BCUT2D eigenvalue weighted by molar-refractivity contribution is 0.219. The fourth-order valence-electron chi connectivity index (χ4n) is 2.95. The summed E-state index contributed by atoms with van der Waals surface area (Å²) in [7, 11) is 0. The van der Waals surface area contributed by atoms with Crippen LogP contribution in [0.15, 0.2) is 71.6 Å². The van der Waals surface area contributed by atoms with Crippen molar-refractivity contribution in [3.63, 3.8) is 0 Å². The molecule has 0 bridgehead atoms. The number of carbonyl (C=O) groups excluding carboxylic acids is 1. The summed E-state index contributed by atoms with van der Waals surface area (Å²) in [5.74, 6) is 0. The summed E-state index contributed by atoms with van der Waals surface area (Å²) in [5, 5.41) is 3.71. The molecule has 5 heteroatoms. The van der Waals surface area contributed by atoms with Gasteiger partial charge in [-0.25, -0.2) is 4.79 Å². The molecule has 2 aromatic carbocycles. The summed E-state index contributed by atoms with van der Waals surface area (Å²) < 4.78 is 4.87. The zero-order valence-corrected chi connectivity index (χ0v) is 13.1. The number of rotatable bonds is 4. The second-order valence-electron chi connectivity index (χ2n) is 5.80. The quantitative estimate of drug-likeness (QED) is 0.735. The van der Waals surface area contributed by atoms with Crippen molar-refractivity contribution in [2.24, 2.45) is 0 Å². The largest absolute Gasteiger partial charge is 0.364 e. The van der Waals surface area contributed by atoms with Gasteiger partial charge in [0.05, 0.1) is 6.20 Å². The predicted molar refractivity (Wildman–Crippen MR) is 91.5 cm³/mol. The van der Waals surface area contributed by atoms with Gasteiger partial charge in [0.1, 0.15) is 6.26 Å². The van der Waals surface area contributed by atoms with Crippen LogP contribution in [-0.2, 0) is 6.54 Å². The lowest BCUT2D eigenvalue weighted by Crippen LogP contribution is -2.31. The van der Waals surface area contributed by atoms with Crippen LogP contribution in [0.2, 0.25) is 0 Å². The Morgan fingerprint density at radius 1 is 0.958 bits per heavy atom. The highest BCUT2D eigenvalue weighted by Crippen LogP contribution is 2.25. The van der Waals surface area contributed by atoms with E-state index in [1.165, 1.54) is 0 Å². The first-order valence-electron chi connectivity index (χ1n) is 7.91. The number of carbonyl (C=O) groups is 1. The summed E-state index contributed by atoms with van der Waals surface area (Å²) in [6, 6.07) is 18.0. The van der Waals surface area contributed by atoms with Crippen molar-refractivity contribution in [1.82, 2.24) is 10.1 Å². The molecule has 2 amide bonds. The molecule has 24 heavy (non-hydrogen) atoms. The number of nitrogens with zero attached hydrogens (tertiary/aromatic N) is 3. The van der Waals surface area contributed by atoms with Crippen LogP contribution in [0.3, 0.4) is 0 Å². The van der Waals surface area contributed by atoms with Gasteiger partial charge in [-0.3, -0.25) is 4.90 Å². The third-order valence-corrected chi connectivity index (χ3v) is 4.26. The highest BCUT2D eigenvalue weighted by molar-refractivity contribution is 5.94. The smallest absolute Gasteiger partial charge is 0.324 e. The van der Waals surface area contributed by atoms with Gasteiger partial charge in [-0.05, 0) is 23.3 Å². The summed E-state index contributed by atoms with van der Waals surface area (Å²) in [5.41, 5.74) is 4.01. The lowest BCUT2D eigenvalue weighted by Gasteiger charge is -2.19. The van der Waals surface area contributed by atoms with Crippen LogP contribution in [0, 0.1) is 0 Å². The second kappa shape index (κ2) is 6.20. The molecule has 0 radical (unpaired) electrons.